The zero-order chi connectivity index (χ0) is 26.4. The van der Waals surface area contributed by atoms with E-state index in [-0.39, 0.29) is 17.1 Å². The standard InChI is InChI=1S/C28H30N6O2S/c1-19(21-7-6-16-29-17-21)30-31-25(35)18-37-27-33-32-26(20-8-10-22(11-9-20)28(2,3)4)34(27)23-12-14-24(36-5)15-13-23/h6-17,30H,1,18H2,2-5H3,(H,31,35). The van der Waals surface area contributed by atoms with Crippen LogP contribution in [0.5, 0.6) is 5.75 Å². The number of hydrazine groups is 1. The molecule has 0 saturated heterocycles. The Balaban J connectivity index is 1.54. The van der Waals surface area contributed by atoms with E-state index in [1.54, 1.807) is 25.6 Å². The molecule has 0 atom stereocenters. The molecule has 0 unspecified atom stereocenters. The molecule has 0 aliphatic heterocycles. The molecule has 9 heteroatoms. The summed E-state index contributed by atoms with van der Waals surface area (Å²) in [5.74, 6) is 1.35. The number of nitrogens with one attached hydrogen (secondary N) is 2. The minimum absolute atomic E-state index is 0.0485. The summed E-state index contributed by atoms with van der Waals surface area (Å²) in [7, 11) is 1.63. The van der Waals surface area contributed by atoms with Gasteiger partial charge in [-0.2, -0.15) is 0 Å². The summed E-state index contributed by atoms with van der Waals surface area (Å²) in [5.41, 5.74) is 9.93. The van der Waals surface area contributed by atoms with Gasteiger partial charge in [0.05, 0.1) is 18.6 Å². The van der Waals surface area contributed by atoms with Crippen LogP contribution in [0.4, 0.5) is 0 Å². The van der Waals surface area contributed by atoms with Crippen LogP contribution in [0.3, 0.4) is 0 Å². The molecule has 2 aromatic heterocycles. The highest BCUT2D eigenvalue weighted by molar-refractivity contribution is 7.99. The third-order valence-electron chi connectivity index (χ3n) is 5.67. The molecule has 0 aliphatic carbocycles. The Bertz CT molecular complexity index is 1360. The number of pyridine rings is 1. The zero-order valence-electron chi connectivity index (χ0n) is 21.4. The minimum atomic E-state index is -0.226. The number of hydrogen-bond acceptors (Lipinski definition) is 7. The van der Waals surface area contributed by atoms with E-state index < -0.39 is 0 Å². The van der Waals surface area contributed by atoms with Crippen molar-refractivity contribution in [3.8, 4) is 22.8 Å². The van der Waals surface area contributed by atoms with Gasteiger partial charge >= 0.3 is 0 Å². The maximum absolute atomic E-state index is 12.6. The largest absolute Gasteiger partial charge is 0.497 e. The van der Waals surface area contributed by atoms with Crippen molar-refractivity contribution in [2.45, 2.75) is 31.3 Å². The fourth-order valence-corrected chi connectivity index (χ4v) is 4.31. The average molecular weight is 515 g/mol. The monoisotopic (exact) mass is 514 g/mol. The van der Waals surface area contributed by atoms with Gasteiger partial charge in [0, 0.05) is 29.2 Å². The molecule has 8 nitrogen and oxygen atoms in total. The second-order valence-electron chi connectivity index (χ2n) is 9.35. The molecular formula is C28H30N6O2S. The maximum Gasteiger partial charge on any atom is 0.248 e. The Morgan fingerprint density at radius 1 is 1.03 bits per heavy atom. The lowest BCUT2D eigenvalue weighted by atomic mass is 9.87. The third kappa shape index (κ3) is 6.37. The van der Waals surface area contributed by atoms with Crippen LogP contribution < -0.4 is 15.6 Å². The highest BCUT2D eigenvalue weighted by Gasteiger charge is 2.19. The average Bonchev–Trinajstić information content (AvgIpc) is 3.34. The third-order valence-corrected chi connectivity index (χ3v) is 6.60. The van der Waals surface area contributed by atoms with Crippen LogP contribution in [-0.4, -0.2) is 38.5 Å². The zero-order valence-corrected chi connectivity index (χ0v) is 22.2. The van der Waals surface area contributed by atoms with Gasteiger partial charge in [0.1, 0.15) is 5.75 Å². The molecule has 37 heavy (non-hydrogen) atoms. The quantitative estimate of drug-likeness (QED) is 0.239. The first kappa shape index (κ1) is 26.0. The van der Waals surface area contributed by atoms with Crippen LogP contribution in [0.1, 0.15) is 31.9 Å². The fourth-order valence-electron chi connectivity index (χ4n) is 3.56. The molecule has 0 fully saturated rings. The minimum Gasteiger partial charge on any atom is -0.497 e. The van der Waals surface area contributed by atoms with Crippen LogP contribution in [0.15, 0.2) is 84.8 Å². The van der Waals surface area contributed by atoms with E-state index in [0.717, 1.165) is 22.6 Å². The molecule has 0 aliphatic rings. The summed E-state index contributed by atoms with van der Waals surface area (Å²) in [6, 6.07) is 19.7. The molecule has 2 heterocycles. The van der Waals surface area contributed by atoms with Crippen molar-refractivity contribution in [3.05, 3.63) is 90.8 Å². The van der Waals surface area contributed by atoms with Crippen molar-refractivity contribution in [1.29, 1.82) is 0 Å². The van der Waals surface area contributed by atoms with E-state index in [9.17, 15) is 4.79 Å². The number of methoxy groups -OCH3 is 1. The van der Waals surface area contributed by atoms with Crippen LogP contribution >= 0.6 is 11.8 Å². The smallest absolute Gasteiger partial charge is 0.248 e. The summed E-state index contributed by atoms with van der Waals surface area (Å²) in [4.78, 5) is 16.6. The Morgan fingerprint density at radius 3 is 2.38 bits per heavy atom. The predicted molar refractivity (Wildman–Crippen MR) is 147 cm³/mol. The van der Waals surface area contributed by atoms with Gasteiger partial charge in [0.25, 0.3) is 0 Å². The molecule has 4 aromatic rings. The van der Waals surface area contributed by atoms with Gasteiger partial charge in [-0.3, -0.25) is 25.2 Å². The number of carbonyl (C=O) groups excluding carboxylic acids is 1. The number of aromatic nitrogens is 4. The molecular weight excluding hydrogens is 484 g/mol. The number of ether oxygens (including phenoxy) is 1. The van der Waals surface area contributed by atoms with Crippen molar-refractivity contribution < 1.29 is 9.53 Å². The van der Waals surface area contributed by atoms with Crippen molar-refractivity contribution in [2.24, 2.45) is 0 Å². The van der Waals surface area contributed by atoms with E-state index in [4.69, 9.17) is 4.74 Å². The molecule has 0 spiro atoms. The van der Waals surface area contributed by atoms with Crippen molar-refractivity contribution in [2.75, 3.05) is 12.9 Å². The van der Waals surface area contributed by atoms with Gasteiger partial charge in [0.2, 0.25) is 5.91 Å². The first-order valence-electron chi connectivity index (χ1n) is 11.7. The van der Waals surface area contributed by atoms with Crippen LogP contribution in [0, 0.1) is 0 Å². The summed E-state index contributed by atoms with van der Waals surface area (Å²) in [5, 5.41) is 9.50. The first-order chi connectivity index (χ1) is 17.8. The molecule has 0 bridgehead atoms. The second-order valence-corrected chi connectivity index (χ2v) is 10.3. The van der Waals surface area contributed by atoms with E-state index in [0.29, 0.717) is 16.7 Å². The van der Waals surface area contributed by atoms with Gasteiger partial charge in [0.15, 0.2) is 11.0 Å². The lowest BCUT2D eigenvalue weighted by Gasteiger charge is -2.19. The van der Waals surface area contributed by atoms with Gasteiger partial charge in [-0.15, -0.1) is 10.2 Å². The second kappa shape index (κ2) is 11.3. The van der Waals surface area contributed by atoms with Gasteiger partial charge in [-0.05, 0) is 47.4 Å². The summed E-state index contributed by atoms with van der Waals surface area (Å²) in [6.45, 7) is 10.5. The molecule has 1 amide bonds. The Hall–Kier alpha value is -4.11. The van der Waals surface area contributed by atoms with Gasteiger partial charge in [-0.25, -0.2) is 0 Å². The highest BCUT2D eigenvalue weighted by Crippen LogP contribution is 2.30. The van der Waals surface area contributed by atoms with Crippen molar-refractivity contribution in [3.63, 3.8) is 0 Å². The molecule has 0 radical (unpaired) electrons. The van der Waals surface area contributed by atoms with Gasteiger partial charge in [-0.1, -0.05) is 63.4 Å². The number of thioether (sulfide) groups is 1. The Kier molecular flexibility index (Phi) is 7.93. The Morgan fingerprint density at radius 2 is 1.76 bits per heavy atom. The SMILES string of the molecule is C=C(NNC(=O)CSc1nnc(-c2ccc(C(C)(C)C)cc2)n1-c1ccc(OC)cc1)c1cccnc1. The number of rotatable bonds is 9. The number of benzene rings is 2. The lowest BCUT2D eigenvalue weighted by Crippen LogP contribution is -2.37. The first-order valence-corrected chi connectivity index (χ1v) is 12.7. The summed E-state index contributed by atoms with van der Waals surface area (Å²) in [6.07, 6.45) is 3.35. The number of nitrogens with zero attached hydrogens (tertiary/aromatic N) is 4. The highest BCUT2D eigenvalue weighted by atomic mass is 32.2. The van der Waals surface area contributed by atoms with Crippen LogP contribution in [0.2, 0.25) is 0 Å². The Labute approximate surface area is 221 Å². The van der Waals surface area contributed by atoms with Gasteiger partial charge < -0.3 is 4.74 Å². The topological polar surface area (TPSA) is 94.0 Å². The maximum atomic E-state index is 12.6. The molecule has 2 N–H and O–H groups in total. The van der Waals surface area contributed by atoms with E-state index >= 15 is 0 Å². The molecule has 4 rings (SSSR count). The molecule has 2 aromatic carbocycles. The van der Waals surface area contributed by atoms with Crippen LogP contribution in [-0.2, 0) is 10.2 Å². The van der Waals surface area contributed by atoms with E-state index in [2.05, 4.69) is 77.6 Å². The number of hydrogen-bond donors (Lipinski definition) is 2. The van der Waals surface area contributed by atoms with Crippen molar-refractivity contribution in [1.82, 2.24) is 30.6 Å². The summed E-state index contributed by atoms with van der Waals surface area (Å²) >= 11 is 1.29. The summed E-state index contributed by atoms with van der Waals surface area (Å²) < 4.78 is 7.27. The predicted octanol–water partition coefficient (Wildman–Crippen LogP) is 5.02. The number of carbonyl (C=O) groups is 1. The molecule has 0 saturated carbocycles. The fraction of sp³-hybridized carbons (Fsp3) is 0.214. The molecule has 190 valence electrons. The number of amides is 1. The van der Waals surface area contributed by atoms with Crippen molar-refractivity contribution >= 4 is 23.4 Å². The normalized spacial score (nSPS) is 11.1. The lowest BCUT2D eigenvalue weighted by molar-refractivity contribution is -0.119. The van der Waals surface area contributed by atoms with Crippen LogP contribution in [0.25, 0.3) is 22.8 Å². The van der Waals surface area contributed by atoms with E-state index in [1.807, 2.05) is 34.9 Å². The van der Waals surface area contributed by atoms with E-state index in [1.165, 1.54) is 17.3 Å².